The number of imide groups is 1. The summed E-state index contributed by atoms with van der Waals surface area (Å²) in [4.78, 5) is 25.5. The summed E-state index contributed by atoms with van der Waals surface area (Å²) >= 11 is 6.62. The third-order valence-electron chi connectivity index (χ3n) is 5.12. The number of urea groups is 1. The molecule has 0 saturated carbocycles. The van der Waals surface area contributed by atoms with Gasteiger partial charge in [-0.1, -0.05) is 31.5 Å². The number of ether oxygens (including phenoxy) is 1. The van der Waals surface area contributed by atoms with Crippen LogP contribution in [-0.4, -0.2) is 29.3 Å². The molecule has 3 rings (SSSR count). The zero-order chi connectivity index (χ0) is 28.9. The van der Waals surface area contributed by atoms with Gasteiger partial charge >= 0.3 is 12.2 Å². The van der Waals surface area contributed by atoms with E-state index in [0.29, 0.717) is 19.2 Å². The highest BCUT2D eigenvalue weighted by Gasteiger charge is 2.31. The van der Waals surface area contributed by atoms with E-state index in [1.165, 1.54) is 6.07 Å². The van der Waals surface area contributed by atoms with E-state index in [0.717, 1.165) is 58.9 Å². The molecule has 0 radical (unpaired) electrons. The van der Waals surface area contributed by atoms with Gasteiger partial charge in [0.2, 0.25) is 0 Å². The van der Waals surface area contributed by atoms with Crippen molar-refractivity contribution in [3.8, 4) is 11.5 Å². The number of hydrogen-bond donors (Lipinski definition) is 1. The standard InChI is InChI=1S/C25H20ClF6N3O3S/c1-3-34(4-2)39-35(24(37)33-23(36)22-17(27)6-5-7-18(22)28)20-10-9-15(13-19(20)29)38-21-11-8-14(12-16(21)26)25(30,31)32/h5-13H,3-4H2,1-2H3,(H,33,36,37). The summed E-state index contributed by atoms with van der Waals surface area (Å²) in [7, 11) is 0. The second-order valence-corrected chi connectivity index (χ2v) is 9.16. The second kappa shape index (κ2) is 12.6. The van der Waals surface area contributed by atoms with Crippen molar-refractivity contribution in [2.45, 2.75) is 20.0 Å². The molecule has 39 heavy (non-hydrogen) atoms. The lowest BCUT2D eigenvalue weighted by atomic mass is 10.2. The van der Waals surface area contributed by atoms with Crippen molar-refractivity contribution >= 4 is 41.4 Å². The van der Waals surface area contributed by atoms with E-state index in [9.17, 15) is 31.5 Å². The highest BCUT2D eigenvalue weighted by atomic mass is 35.5. The van der Waals surface area contributed by atoms with Gasteiger partial charge in [-0.25, -0.2) is 26.6 Å². The fourth-order valence-electron chi connectivity index (χ4n) is 3.17. The molecule has 0 heterocycles. The van der Waals surface area contributed by atoms with E-state index < -0.39 is 46.7 Å². The van der Waals surface area contributed by atoms with Gasteiger partial charge in [-0.2, -0.15) is 13.2 Å². The first-order valence-electron chi connectivity index (χ1n) is 11.2. The lowest BCUT2D eigenvalue weighted by molar-refractivity contribution is -0.137. The van der Waals surface area contributed by atoms with E-state index in [1.54, 1.807) is 18.2 Å². The summed E-state index contributed by atoms with van der Waals surface area (Å²) in [6.07, 6.45) is -4.62. The lowest BCUT2D eigenvalue weighted by Gasteiger charge is -2.27. The number of hydrogen-bond acceptors (Lipinski definition) is 5. The molecule has 3 aromatic rings. The molecule has 0 unspecified atom stereocenters. The molecule has 0 fully saturated rings. The van der Waals surface area contributed by atoms with Crippen LogP contribution in [0.25, 0.3) is 0 Å². The maximum absolute atomic E-state index is 15.2. The van der Waals surface area contributed by atoms with Gasteiger partial charge in [-0.3, -0.25) is 10.1 Å². The van der Waals surface area contributed by atoms with Crippen LogP contribution in [-0.2, 0) is 6.18 Å². The molecule has 1 N–H and O–H groups in total. The zero-order valence-corrected chi connectivity index (χ0v) is 21.9. The Labute approximate surface area is 228 Å². The molecule has 0 aromatic heterocycles. The smallest absolute Gasteiger partial charge is 0.416 e. The number of nitrogens with zero attached hydrogens (tertiary/aromatic N) is 2. The Balaban J connectivity index is 1.89. The summed E-state index contributed by atoms with van der Waals surface area (Å²) in [5.41, 5.74) is -2.34. The molecule has 0 saturated heterocycles. The van der Waals surface area contributed by atoms with E-state index >= 15 is 4.39 Å². The van der Waals surface area contributed by atoms with Gasteiger partial charge < -0.3 is 4.74 Å². The maximum Gasteiger partial charge on any atom is 0.416 e. The predicted molar refractivity (Wildman–Crippen MR) is 135 cm³/mol. The number of benzene rings is 3. The molecule has 0 atom stereocenters. The van der Waals surface area contributed by atoms with Crippen molar-refractivity contribution in [3.05, 3.63) is 88.2 Å². The Hall–Kier alpha value is -3.42. The number of rotatable bonds is 8. The van der Waals surface area contributed by atoms with Gasteiger partial charge in [-0.15, -0.1) is 0 Å². The lowest BCUT2D eigenvalue weighted by Crippen LogP contribution is -2.42. The quantitative estimate of drug-likeness (QED) is 0.214. The van der Waals surface area contributed by atoms with Crippen molar-refractivity contribution in [2.24, 2.45) is 0 Å². The molecule has 0 spiro atoms. The van der Waals surface area contributed by atoms with Crippen molar-refractivity contribution in [1.82, 2.24) is 9.62 Å². The first kappa shape index (κ1) is 30.1. The Morgan fingerprint density at radius 2 is 1.59 bits per heavy atom. The monoisotopic (exact) mass is 591 g/mol. The third-order valence-corrected chi connectivity index (χ3v) is 6.69. The molecular weight excluding hydrogens is 572 g/mol. The van der Waals surface area contributed by atoms with Crippen LogP contribution in [0.3, 0.4) is 0 Å². The maximum atomic E-state index is 15.2. The Morgan fingerprint density at radius 1 is 0.949 bits per heavy atom. The van der Waals surface area contributed by atoms with Crippen LogP contribution < -0.4 is 14.4 Å². The van der Waals surface area contributed by atoms with Crippen LogP contribution in [0, 0.1) is 17.5 Å². The van der Waals surface area contributed by atoms with Crippen LogP contribution in [0.15, 0.2) is 54.6 Å². The zero-order valence-electron chi connectivity index (χ0n) is 20.3. The van der Waals surface area contributed by atoms with Crippen LogP contribution in [0.2, 0.25) is 5.02 Å². The summed E-state index contributed by atoms with van der Waals surface area (Å²) in [5.74, 6) is -5.12. The minimum Gasteiger partial charge on any atom is -0.456 e. The average Bonchev–Trinajstić information content (AvgIpc) is 2.86. The Morgan fingerprint density at radius 3 is 2.13 bits per heavy atom. The van der Waals surface area contributed by atoms with Crippen LogP contribution in [0.1, 0.15) is 29.8 Å². The van der Waals surface area contributed by atoms with Crippen molar-refractivity contribution in [1.29, 1.82) is 0 Å². The normalized spacial score (nSPS) is 11.4. The number of halogens is 7. The molecule has 14 heteroatoms. The molecule has 3 amide bonds. The Kier molecular flexibility index (Phi) is 9.75. The van der Waals surface area contributed by atoms with E-state index in [2.05, 4.69) is 0 Å². The number of alkyl halides is 3. The topological polar surface area (TPSA) is 61.9 Å². The summed E-state index contributed by atoms with van der Waals surface area (Å²) < 4.78 is 89.7. The molecule has 0 aliphatic carbocycles. The third kappa shape index (κ3) is 7.37. The van der Waals surface area contributed by atoms with Crippen molar-refractivity contribution in [2.75, 3.05) is 17.4 Å². The highest BCUT2D eigenvalue weighted by Crippen LogP contribution is 2.38. The largest absolute Gasteiger partial charge is 0.456 e. The number of nitrogens with one attached hydrogen (secondary N) is 1. The fraction of sp³-hybridized carbons (Fsp3) is 0.200. The fourth-order valence-corrected chi connectivity index (χ4v) is 4.21. The predicted octanol–water partition coefficient (Wildman–Crippen LogP) is 7.83. The van der Waals surface area contributed by atoms with Crippen LogP contribution in [0.5, 0.6) is 11.5 Å². The minimum absolute atomic E-state index is 0.157. The second-order valence-electron chi connectivity index (χ2n) is 7.70. The van der Waals surface area contributed by atoms with E-state index in [1.807, 2.05) is 5.32 Å². The number of carbonyl (C=O) groups excluding carboxylic acids is 2. The van der Waals surface area contributed by atoms with E-state index in [4.69, 9.17) is 16.3 Å². The molecular formula is C25H20ClF6N3O3S. The Bertz CT molecular complexity index is 1350. The van der Waals surface area contributed by atoms with Crippen molar-refractivity contribution in [3.63, 3.8) is 0 Å². The van der Waals surface area contributed by atoms with Crippen LogP contribution in [0.4, 0.5) is 36.8 Å². The SMILES string of the molecule is CCN(CC)SN(C(=O)NC(=O)c1c(F)cccc1F)c1ccc(Oc2ccc(C(F)(F)F)cc2Cl)cc1F. The average molecular weight is 592 g/mol. The highest BCUT2D eigenvalue weighted by molar-refractivity contribution is 7.99. The van der Waals surface area contributed by atoms with Crippen molar-refractivity contribution < 1.29 is 40.7 Å². The van der Waals surface area contributed by atoms with E-state index in [-0.39, 0.29) is 22.2 Å². The van der Waals surface area contributed by atoms with Gasteiger partial charge in [0, 0.05) is 31.3 Å². The molecule has 0 aliphatic rings. The van der Waals surface area contributed by atoms with Gasteiger partial charge in [0.1, 0.15) is 28.7 Å². The van der Waals surface area contributed by atoms with Crippen LogP contribution >= 0.6 is 23.7 Å². The number of carbonyl (C=O) groups is 2. The number of anilines is 1. The summed E-state index contributed by atoms with van der Waals surface area (Å²) in [6.45, 7) is 4.31. The first-order valence-corrected chi connectivity index (χ1v) is 12.3. The molecule has 208 valence electrons. The molecule has 3 aromatic carbocycles. The van der Waals surface area contributed by atoms with Gasteiger partial charge in [0.25, 0.3) is 5.91 Å². The molecule has 0 aliphatic heterocycles. The van der Waals surface area contributed by atoms with Gasteiger partial charge in [0.05, 0.1) is 16.3 Å². The number of amides is 3. The molecule has 0 bridgehead atoms. The first-order chi connectivity index (χ1) is 18.3. The van der Waals surface area contributed by atoms with Gasteiger partial charge in [0.15, 0.2) is 5.82 Å². The summed E-state index contributed by atoms with van der Waals surface area (Å²) in [6, 6.07) is 7.09. The summed E-state index contributed by atoms with van der Waals surface area (Å²) in [5, 5.41) is 1.48. The van der Waals surface area contributed by atoms with Gasteiger partial charge in [-0.05, 0) is 42.5 Å². The minimum atomic E-state index is -4.62. The molecule has 6 nitrogen and oxygen atoms in total.